The zero-order valence-electron chi connectivity index (χ0n) is 23.9. The first-order valence-electron chi connectivity index (χ1n) is 13.7. The highest BCUT2D eigenvalue weighted by molar-refractivity contribution is 6.05. The molecule has 0 fully saturated rings. The summed E-state index contributed by atoms with van der Waals surface area (Å²) >= 11 is 0. The van der Waals surface area contributed by atoms with Gasteiger partial charge < -0.3 is 19.4 Å². The average Bonchev–Trinajstić information content (AvgIpc) is 3.55. The van der Waals surface area contributed by atoms with E-state index in [4.69, 9.17) is 9.15 Å². The van der Waals surface area contributed by atoms with Crippen molar-refractivity contribution in [2.45, 2.75) is 13.8 Å². The summed E-state index contributed by atoms with van der Waals surface area (Å²) < 4.78 is 10.5. The highest BCUT2D eigenvalue weighted by Crippen LogP contribution is 2.17. The predicted octanol–water partition coefficient (Wildman–Crippen LogP) is 5.67. The van der Waals surface area contributed by atoms with Crippen molar-refractivity contribution in [1.82, 2.24) is 10.7 Å². The number of carbonyl (C=O) groups excluding carboxylic acids is 3. The number of esters is 1. The Balaban J connectivity index is 1.46. The van der Waals surface area contributed by atoms with E-state index in [1.54, 1.807) is 72.8 Å². The summed E-state index contributed by atoms with van der Waals surface area (Å²) in [5.74, 6) is -0.792. The maximum atomic E-state index is 13.2. The molecule has 0 saturated heterocycles. The minimum absolute atomic E-state index is 0.0209. The Morgan fingerprint density at radius 1 is 0.884 bits per heavy atom. The lowest BCUT2D eigenvalue weighted by Gasteiger charge is -2.20. The first kappa shape index (κ1) is 30.3. The topological polar surface area (TPSA) is 113 Å². The number of amides is 2. The lowest BCUT2D eigenvalue weighted by molar-refractivity contribution is -0.128. The van der Waals surface area contributed by atoms with Gasteiger partial charge in [-0.3, -0.25) is 9.59 Å². The molecule has 0 spiro atoms. The van der Waals surface area contributed by atoms with Crippen molar-refractivity contribution in [1.29, 1.82) is 0 Å². The molecule has 3 aromatic carbocycles. The van der Waals surface area contributed by atoms with Gasteiger partial charge in [0.1, 0.15) is 17.2 Å². The lowest BCUT2D eigenvalue weighted by Crippen LogP contribution is -2.32. The number of carbonyl (C=O) groups is 3. The van der Waals surface area contributed by atoms with Gasteiger partial charge in [0.05, 0.1) is 12.5 Å². The van der Waals surface area contributed by atoms with Gasteiger partial charge in [-0.15, -0.1) is 0 Å². The van der Waals surface area contributed by atoms with Crippen LogP contribution in [0.3, 0.4) is 0 Å². The van der Waals surface area contributed by atoms with E-state index in [0.29, 0.717) is 22.6 Å². The number of nitrogens with zero attached hydrogens (tertiary/aromatic N) is 2. The molecule has 0 radical (unpaired) electrons. The van der Waals surface area contributed by atoms with Crippen LogP contribution in [0.15, 0.2) is 119 Å². The van der Waals surface area contributed by atoms with E-state index in [1.165, 1.54) is 24.6 Å². The number of furan rings is 1. The number of rotatable bonds is 12. The van der Waals surface area contributed by atoms with Crippen molar-refractivity contribution in [3.05, 3.63) is 131 Å². The fourth-order valence-corrected chi connectivity index (χ4v) is 4.05. The van der Waals surface area contributed by atoms with Crippen LogP contribution in [-0.2, 0) is 9.59 Å². The number of ether oxygens (including phenoxy) is 1. The zero-order chi connectivity index (χ0) is 30.4. The molecule has 0 saturated carbocycles. The Morgan fingerprint density at radius 2 is 1.65 bits per heavy atom. The van der Waals surface area contributed by atoms with Crippen LogP contribution in [0.2, 0.25) is 0 Å². The van der Waals surface area contributed by atoms with Crippen molar-refractivity contribution in [3.8, 4) is 5.75 Å². The summed E-state index contributed by atoms with van der Waals surface area (Å²) in [4.78, 5) is 40.4. The molecule has 1 heterocycles. The van der Waals surface area contributed by atoms with Crippen LogP contribution in [0, 0.1) is 0 Å². The van der Waals surface area contributed by atoms with E-state index >= 15 is 0 Å². The Kier molecular flexibility index (Phi) is 10.8. The van der Waals surface area contributed by atoms with Crippen LogP contribution in [-0.4, -0.2) is 37.1 Å². The van der Waals surface area contributed by atoms with Gasteiger partial charge in [0.2, 0.25) is 0 Å². The van der Waals surface area contributed by atoms with E-state index in [1.807, 2.05) is 24.3 Å². The van der Waals surface area contributed by atoms with Crippen molar-refractivity contribution < 1.29 is 23.5 Å². The van der Waals surface area contributed by atoms with E-state index in [0.717, 1.165) is 24.3 Å². The maximum absolute atomic E-state index is 13.2. The molecule has 2 N–H and O–H groups in total. The van der Waals surface area contributed by atoms with Gasteiger partial charge in [-0.1, -0.05) is 42.5 Å². The molecule has 0 aliphatic heterocycles. The second-order valence-corrected chi connectivity index (χ2v) is 9.18. The molecule has 0 unspecified atom stereocenters. The largest absolute Gasteiger partial charge is 0.465 e. The molecule has 218 valence electrons. The Morgan fingerprint density at radius 3 is 2.35 bits per heavy atom. The summed E-state index contributed by atoms with van der Waals surface area (Å²) in [5, 5.41) is 6.74. The highest BCUT2D eigenvalue weighted by Gasteiger charge is 2.14. The molecule has 0 atom stereocenters. The minimum Gasteiger partial charge on any atom is -0.465 e. The second kappa shape index (κ2) is 15.3. The molecule has 9 nitrogen and oxygen atoms in total. The van der Waals surface area contributed by atoms with E-state index in [2.05, 4.69) is 34.6 Å². The van der Waals surface area contributed by atoms with Crippen LogP contribution in [0.25, 0.3) is 12.2 Å². The van der Waals surface area contributed by atoms with Crippen LogP contribution < -0.4 is 20.4 Å². The van der Waals surface area contributed by atoms with E-state index in [-0.39, 0.29) is 5.70 Å². The zero-order valence-corrected chi connectivity index (χ0v) is 23.9. The predicted molar refractivity (Wildman–Crippen MR) is 167 cm³/mol. The fraction of sp³-hybridized carbons (Fsp3) is 0.118. The summed E-state index contributed by atoms with van der Waals surface area (Å²) in [7, 11) is 0. The Bertz CT molecular complexity index is 1600. The smallest absolute Gasteiger partial charge is 0.336 e. The Labute approximate surface area is 250 Å². The molecule has 1 aromatic heterocycles. The molecule has 9 heteroatoms. The standard InChI is InChI=1S/C34H32N4O5/c1-3-38(4-2)28-17-15-25(16-18-28)23-31(36-33(40)27-11-6-5-7-12-27)34(41)37-35-24-26-10-8-13-30(22-26)43-32(39)20-19-29-14-9-21-42-29/h5-24H,3-4H2,1-2H3,(H,36,40)(H,37,41)/b20-19+,31-23+,35-24+. The fourth-order valence-electron chi connectivity index (χ4n) is 4.05. The monoisotopic (exact) mass is 576 g/mol. The van der Waals surface area contributed by atoms with Gasteiger partial charge in [0.15, 0.2) is 0 Å². The Hall–Kier alpha value is -5.70. The molecule has 4 rings (SSSR count). The number of hydrogen-bond donors (Lipinski definition) is 2. The molecule has 4 aromatic rings. The molecular formula is C34H32N4O5. The number of hydrogen-bond acceptors (Lipinski definition) is 7. The third-order valence-electron chi connectivity index (χ3n) is 6.24. The first-order chi connectivity index (χ1) is 20.9. The van der Waals surface area contributed by atoms with Crippen LogP contribution >= 0.6 is 0 Å². The third-order valence-corrected chi connectivity index (χ3v) is 6.24. The second-order valence-electron chi connectivity index (χ2n) is 9.18. The molecule has 0 aliphatic carbocycles. The molecule has 2 amide bonds. The van der Waals surface area contributed by atoms with E-state index in [9.17, 15) is 14.4 Å². The van der Waals surface area contributed by atoms with Crippen LogP contribution in [0.5, 0.6) is 5.75 Å². The number of hydrazone groups is 1. The van der Waals surface area contributed by atoms with E-state index < -0.39 is 17.8 Å². The van der Waals surface area contributed by atoms with Crippen molar-refractivity contribution in [3.63, 3.8) is 0 Å². The van der Waals surface area contributed by atoms with Gasteiger partial charge in [-0.2, -0.15) is 5.10 Å². The SMILES string of the molecule is CCN(CC)c1ccc(/C=C(/NC(=O)c2ccccc2)C(=O)N/N=C/c2cccc(OC(=O)/C=C/c3ccco3)c2)cc1. The molecule has 0 aliphatic rings. The highest BCUT2D eigenvalue weighted by atomic mass is 16.5. The number of benzene rings is 3. The summed E-state index contributed by atoms with van der Waals surface area (Å²) in [6.07, 6.45) is 7.27. The molecule has 43 heavy (non-hydrogen) atoms. The van der Waals surface area contributed by atoms with Gasteiger partial charge in [-0.25, -0.2) is 10.2 Å². The summed E-state index contributed by atoms with van der Waals surface area (Å²) in [6, 6.07) is 26.4. The lowest BCUT2D eigenvalue weighted by atomic mass is 10.1. The summed E-state index contributed by atoms with van der Waals surface area (Å²) in [5.41, 5.74) is 5.26. The summed E-state index contributed by atoms with van der Waals surface area (Å²) in [6.45, 7) is 5.92. The van der Waals surface area contributed by atoms with Crippen LogP contribution in [0.1, 0.15) is 41.1 Å². The minimum atomic E-state index is -0.612. The van der Waals surface area contributed by atoms with Crippen LogP contribution in [0.4, 0.5) is 5.69 Å². The quantitative estimate of drug-likeness (QED) is 0.0739. The maximum Gasteiger partial charge on any atom is 0.336 e. The molecule has 0 bridgehead atoms. The van der Waals surface area contributed by atoms with Crippen molar-refractivity contribution in [2.75, 3.05) is 18.0 Å². The van der Waals surface area contributed by atoms with Gasteiger partial charge in [0.25, 0.3) is 11.8 Å². The van der Waals surface area contributed by atoms with Gasteiger partial charge in [0, 0.05) is 30.4 Å². The third kappa shape index (κ3) is 9.15. The average molecular weight is 577 g/mol. The van der Waals surface area contributed by atoms with Gasteiger partial charge >= 0.3 is 5.97 Å². The molecular weight excluding hydrogens is 544 g/mol. The first-order valence-corrected chi connectivity index (χ1v) is 13.7. The number of nitrogens with one attached hydrogen (secondary N) is 2. The number of anilines is 1. The van der Waals surface area contributed by atoms with Crippen molar-refractivity contribution >= 4 is 41.8 Å². The van der Waals surface area contributed by atoms with Crippen molar-refractivity contribution in [2.24, 2.45) is 5.10 Å². The van der Waals surface area contributed by atoms with Gasteiger partial charge in [-0.05, 0) is 85.7 Å². The normalized spacial score (nSPS) is 11.4.